The lowest BCUT2D eigenvalue weighted by atomic mass is 10.3. The Morgan fingerprint density at radius 3 is 1.05 bits per heavy atom. The zero-order valence-corrected chi connectivity index (χ0v) is 22.6. The molecule has 3 nitrogen and oxygen atoms in total. The summed E-state index contributed by atoms with van der Waals surface area (Å²) in [6.07, 6.45) is 0. The van der Waals surface area contributed by atoms with Crippen LogP contribution in [-0.4, -0.2) is 72.0 Å². The predicted molar refractivity (Wildman–Crippen MR) is 111 cm³/mol. The molecule has 0 saturated heterocycles. The molecule has 0 aliphatic heterocycles. The van der Waals surface area contributed by atoms with Crippen molar-refractivity contribution >= 4 is 38.7 Å². The Bertz CT molecular complexity index is 233. The Morgan fingerprint density at radius 2 is 0.905 bits per heavy atom. The normalized spacial score (nSPS) is 16.3. The molecule has 0 radical (unpaired) electrons. The van der Waals surface area contributed by atoms with Gasteiger partial charge in [0.2, 0.25) is 0 Å². The van der Waals surface area contributed by atoms with Crippen molar-refractivity contribution in [3.8, 4) is 0 Å². The standard InChI is InChI=1S/C14H41N3Si4/c1-11(2)16(12(3)4)20(9-18)15-21(10-19)17(13(5)6)14(7)8/h11-15,20-21H,9-10H2,1-8,18-19H3. The van der Waals surface area contributed by atoms with Crippen LogP contribution in [0.1, 0.15) is 55.4 Å². The second-order valence-corrected chi connectivity index (χ2v) is 18.4. The van der Waals surface area contributed by atoms with Crippen LogP contribution in [0, 0.1) is 0 Å². The van der Waals surface area contributed by atoms with Crippen molar-refractivity contribution in [2.75, 3.05) is 0 Å². The molecule has 0 saturated carbocycles. The van der Waals surface area contributed by atoms with Crippen LogP contribution >= 0.6 is 0 Å². The van der Waals surface area contributed by atoms with Crippen LogP contribution < -0.4 is 4.65 Å². The number of hydrogen-bond donors (Lipinski definition) is 1. The maximum atomic E-state index is 4.28. The van der Waals surface area contributed by atoms with Gasteiger partial charge < -0.3 is 13.8 Å². The predicted octanol–water partition coefficient (Wildman–Crippen LogP) is -0.0996. The van der Waals surface area contributed by atoms with Crippen LogP contribution in [0.15, 0.2) is 0 Å². The van der Waals surface area contributed by atoms with Gasteiger partial charge in [0.05, 0.1) is 0 Å². The fourth-order valence-corrected chi connectivity index (χ4v) is 19.2. The van der Waals surface area contributed by atoms with E-state index < -0.39 is 18.2 Å². The lowest BCUT2D eigenvalue weighted by Crippen LogP contribution is -2.66. The van der Waals surface area contributed by atoms with E-state index in [-0.39, 0.29) is 0 Å². The molecular formula is C14H41N3Si4. The molecule has 2 atom stereocenters. The zero-order chi connectivity index (χ0) is 16.7. The lowest BCUT2D eigenvalue weighted by Gasteiger charge is -2.43. The molecule has 1 N–H and O–H groups in total. The third-order valence-corrected chi connectivity index (χ3v) is 17.4. The highest BCUT2D eigenvalue weighted by Crippen LogP contribution is 2.13. The van der Waals surface area contributed by atoms with E-state index in [4.69, 9.17) is 0 Å². The monoisotopic (exact) mass is 363 g/mol. The molecule has 0 amide bonds. The minimum Gasteiger partial charge on any atom is -0.340 e. The van der Waals surface area contributed by atoms with E-state index in [1.165, 1.54) is 31.8 Å². The quantitative estimate of drug-likeness (QED) is 0.547. The highest BCUT2D eigenvalue weighted by Gasteiger charge is 2.30. The highest BCUT2D eigenvalue weighted by atomic mass is 28.4. The maximum absolute atomic E-state index is 4.28. The Kier molecular flexibility index (Phi) is 10.9. The fourth-order valence-electron chi connectivity index (χ4n) is 3.68. The molecule has 0 aromatic carbocycles. The van der Waals surface area contributed by atoms with Crippen molar-refractivity contribution in [1.82, 2.24) is 13.8 Å². The molecule has 0 rings (SSSR count). The van der Waals surface area contributed by atoms with Gasteiger partial charge in [-0.05, 0) is 35.5 Å². The van der Waals surface area contributed by atoms with Crippen molar-refractivity contribution in [2.45, 2.75) is 90.9 Å². The first-order valence-electron chi connectivity index (χ1n) is 8.98. The SMILES string of the molecule is CC(C)N(C(C)C)[SiH](C[SiH3])N[SiH](C[SiH3])N(C(C)C)C(C)C. The Balaban J connectivity index is 5.13. The third kappa shape index (κ3) is 6.80. The average molecular weight is 364 g/mol. The van der Waals surface area contributed by atoms with Crippen molar-refractivity contribution in [3.05, 3.63) is 0 Å². The van der Waals surface area contributed by atoms with Crippen LogP contribution in [0.2, 0.25) is 11.3 Å². The van der Waals surface area contributed by atoms with Gasteiger partial charge in [-0.2, -0.15) is 0 Å². The molecule has 0 heterocycles. The number of nitrogens with one attached hydrogen (secondary N) is 1. The topological polar surface area (TPSA) is 18.5 Å². The van der Waals surface area contributed by atoms with E-state index in [1.54, 1.807) is 0 Å². The van der Waals surface area contributed by atoms with Crippen molar-refractivity contribution in [3.63, 3.8) is 0 Å². The fraction of sp³-hybridized carbons (Fsp3) is 1.00. The van der Waals surface area contributed by atoms with Gasteiger partial charge in [0.15, 0.2) is 18.2 Å². The van der Waals surface area contributed by atoms with E-state index in [0.717, 1.165) is 0 Å². The first-order chi connectivity index (χ1) is 9.67. The van der Waals surface area contributed by atoms with Gasteiger partial charge in [0.25, 0.3) is 0 Å². The number of nitrogens with zero attached hydrogens (tertiary/aromatic N) is 2. The summed E-state index contributed by atoms with van der Waals surface area (Å²) in [4.78, 5) is 0. The number of rotatable bonds is 10. The second-order valence-electron chi connectivity index (χ2n) is 7.28. The Labute approximate surface area is 143 Å². The minimum atomic E-state index is -0.970. The molecular weight excluding hydrogens is 323 g/mol. The van der Waals surface area contributed by atoms with E-state index in [9.17, 15) is 0 Å². The van der Waals surface area contributed by atoms with Crippen LogP contribution in [-0.2, 0) is 0 Å². The van der Waals surface area contributed by atoms with Gasteiger partial charge in [0, 0.05) is 20.5 Å². The van der Waals surface area contributed by atoms with Gasteiger partial charge in [-0.1, -0.05) is 55.4 Å². The van der Waals surface area contributed by atoms with E-state index in [2.05, 4.69) is 69.2 Å². The molecule has 21 heavy (non-hydrogen) atoms. The summed E-state index contributed by atoms with van der Waals surface area (Å²) >= 11 is 0. The molecule has 0 aromatic heterocycles. The summed E-state index contributed by atoms with van der Waals surface area (Å²) in [5.74, 6) is 0. The molecule has 128 valence electrons. The summed E-state index contributed by atoms with van der Waals surface area (Å²) in [6.45, 7) is 19.0. The van der Waals surface area contributed by atoms with Gasteiger partial charge in [-0.15, -0.1) is 0 Å². The van der Waals surface area contributed by atoms with Crippen molar-refractivity contribution in [2.24, 2.45) is 0 Å². The first kappa shape index (κ1) is 21.7. The van der Waals surface area contributed by atoms with E-state index in [0.29, 0.717) is 24.2 Å². The largest absolute Gasteiger partial charge is 0.340 e. The Hall–Kier alpha value is 0.748. The van der Waals surface area contributed by atoms with Crippen molar-refractivity contribution < 1.29 is 0 Å². The lowest BCUT2D eigenvalue weighted by molar-refractivity contribution is 0.290. The summed E-state index contributed by atoms with van der Waals surface area (Å²) in [5, 5.41) is 0. The second kappa shape index (κ2) is 10.5. The summed E-state index contributed by atoms with van der Waals surface area (Å²) in [6, 6.07) is 2.72. The third-order valence-electron chi connectivity index (χ3n) is 4.26. The molecule has 0 aliphatic carbocycles. The summed E-state index contributed by atoms with van der Waals surface area (Å²) in [5.41, 5.74) is 2.93. The van der Waals surface area contributed by atoms with E-state index >= 15 is 0 Å². The van der Waals surface area contributed by atoms with Crippen LogP contribution in [0.3, 0.4) is 0 Å². The molecule has 0 spiro atoms. The molecule has 0 aromatic rings. The summed E-state index contributed by atoms with van der Waals surface area (Å²) in [7, 11) is 0.720. The van der Waals surface area contributed by atoms with Gasteiger partial charge >= 0.3 is 0 Å². The van der Waals surface area contributed by atoms with Crippen molar-refractivity contribution in [1.29, 1.82) is 0 Å². The van der Waals surface area contributed by atoms with E-state index in [1.807, 2.05) is 0 Å². The van der Waals surface area contributed by atoms with Crippen LogP contribution in [0.5, 0.6) is 0 Å². The van der Waals surface area contributed by atoms with Crippen LogP contribution in [0.25, 0.3) is 0 Å². The maximum Gasteiger partial charge on any atom is 0.178 e. The molecule has 0 fully saturated rings. The average Bonchev–Trinajstić information content (AvgIpc) is 2.34. The molecule has 0 bridgehead atoms. The van der Waals surface area contributed by atoms with Gasteiger partial charge in [-0.25, -0.2) is 0 Å². The highest BCUT2D eigenvalue weighted by molar-refractivity contribution is 6.75. The van der Waals surface area contributed by atoms with Gasteiger partial charge in [0.1, 0.15) is 0 Å². The Morgan fingerprint density at radius 1 is 0.667 bits per heavy atom. The zero-order valence-electron chi connectivity index (χ0n) is 16.3. The smallest absolute Gasteiger partial charge is 0.178 e. The van der Waals surface area contributed by atoms with Gasteiger partial charge in [-0.3, -0.25) is 0 Å². The summed E-state index contributed by atoms with van der Waals surface area (Å²) < 4.78 is 9.92. The number of hydrogen-bond acceptors (Lipinski definition) is 3. The molecule has 0 aliphatic rings. The van der Waals surface area contributed by atoms with Crippen LogP contribution in [0.4, 0.5) is 0 Å². The first-order valence-corrected chi connectivity index (χ1v) is 15.6. The molecule has 7 heteroatoms. The molecule has 2 unspecified atom stereocenters. The minimum absolute atomic E-state index is 0.679.